The van der Waals surface area contributed by atoms with Crippen molar-refractivity contribution in [3.63, 3.8) is 0 Å². The summed E-state index contributed by atoms with van der Waals surface area (Å²) in [4.78, 5) is 12.0. The van der Waals surface area contributed by atoms with Crippen LogP contribution < -0.4 is 15.8 Å². The van der Waals surface area contributed by atoms with E-state index in [0.717, 1.165) is 0 Å². The molecule has 4 N–H and O–H groups in total. The second-order valence-electron chi connectivity index (χ2n) is 4.19. The van der Waals surface area contributed by atoms with Gasteiger partial charge >= 0.3 is 0 Å². The number of carbonyl (C=O) groups is 1. The van der Waals surface area contributed by atoms with Crippen LogP contribution in [-0.2, 0) is 0 Å². The molecular formula is C15H16N2O3. The number of carbonyl (C=O) groups excluding carboxylic acids is 1. The third-order valence-electron chi connectivity index (χ3n) is 2.70. The van der Waals surface area contributed by atoms with E-state index < -0.39 is 0 Å². The van der Waals surface area contributed by atoms with Crippen LogP contribution >= 0.6 is 0 Å². The zero-order chi connectivity index (χ0) is 14.5. The molecule has 0 aliphatic rings. The highest BCUT2D eigenvalue weighted by atomic mass is 16.5. The Morgan fingerprint density at radius 2 is 1.95 bits per heavy atom. The lowest BCUT2D eigenvalue weighted by atomic mass is 10.2. The Bertz CT molecular complexity index is 609. The molecule has 0 saturated carbocycles. The van der Waals surface area contributed by atoms with E-state index in [1.807, 2.05) is 6.92 Å². The van der Waals surface area contributed by atoms with E-state index in [4.69, 9.17) is 10.5 Å². The standard InChI is InChI=1S/C15H16N2O3/c1-2-20-12-6-3-10(4-7-12)15(19)17-13-8-5-11(16)9-14(13)18/h3-9,18H,2,16H2,1H3,(H,17,19). The van der Waals surface area contributed by atoms with Gasteiger partial charge in [0.25, 0.3) is 5.91 Å². The summed E-state index contributed by atoms with van der Waals surface area (Å²) in [7, 11) is 0. The summed E-state index contributed by atoms with van der Waals surface area (Å²) in [6.45, 7) is 2.47. The molecular weight excluding hydrogens is 256 g/mol. The van der Waals surface area contributed by atoms with Crippen LogP contribution in [0.2, 0.25) is 0 Å². The second kappa shape index (κ2) is 5.97. The number of rotatable bonds is 4. The van der Waals surface area contributed by atoms with Gasteiger partial charge in [-0.25, -0.2) is 0 Å². The Balaban J connectivity index is 2.11. The summed E-state index contributed by atoms with van der Waals surface area (Å²) >= 11 is 0. The van der Waals surface area contributed by atoms with Crippen LogP contribution in [0.5, 0.6) is 11.5 Å². The molecule has 0 aromatic heterocycles. The summed E-state index contributed by atoms with van der Waals surface area (Å²) in [5.74, 6) is 0.330. The molecule has 0 bridgehead atoms. The van der Waals surface area contributed by atoms with Gasteiger partial charge in [0, 0.05) is 17.3 Å². The molecule has 20 heavy (non-hydrogen) atoms. The van der Waals surface area contributed by atoms with Crippen molar-refractivity contribution in [1.82, 2.24) is 0 Å². The number of benzene rings is 2. The molecule has 0 atom stereocenters. The van der Waals surface area contributed by atoms with Crippen LogP contribution in [0, 0.1) is 0 Å². The molecule has 0 spiro atoms. The lowest BCUT2D eigenvalue weighted by Crippen LogP contribution is -2.12. The lowest BCUT2D eigenvalue weighted by Gasteiger charge is -2.08. The first kappa shape index (κ1) is 13.7. The Labute approximate surface area is 117 Å². The number of nitrogens with two attached hydrogens (primary N) is 1. The van der Waals surface area contributed by atoms with Crippen LogP contribution in [0.15, 0.2) is 42.5 Å². The van der Waals surface area contributed by atoms with Gasteiger partial charge in [-0.15, -0.1) is 0 Å². The molecule has 2 aromatic carbocycles. The number of phenols is 1. The third-order valence-corrected chi connectivity index (χ3v) is 2.70. The number of phenolic OH excluding ortho intramolecular Hbond substituents is 1. The van der Waals surface area contributed by atoms with Crippen LogP contribution in [0.3, 0.4) is 0 Å². The van der Waals surface area contributed by atoms with Crippen molar-refractivity contribution in [3.05, 3.63) is 48.0 Å². The maximum Gasteiger partial charge on any atom is 0.255 e. The summed E-state index contributed by atoms with van der Waals surface area (Å²) in [6, 6.07) is 11.3. The molecule has 0 saturated heterocycles. The molecule has 2 aromatic rings. The maximum absolute atomic E-state index is 12.0. The average Bonchev–Trinajstić information content (AvgIpc) is 2.43. The fourth-order valence-corrected chi connectivity index (χ4v) is 1.72. The fraction of sp³-hybridized carbons (Fsp3) is 0.133. The topological polar surface area (TPSA) is 84.6 Å². The average molecular weight is 272 g/mol. The molecule has 1 amide bonds. The van der Waals surface area contributed by atoms with Gasteiger partial charge in [0.1, 0.15) is 11.5 Å². The van der Waals surface area contributed by atoms with E-state index in [1.54, 1.807) is 36.4 Å². The molecule has 0 unspecified atom stereocenters. The zero-order valence-electron chi connectivity index (χ0n) is 11.1. The first-order valence-corrected chi connectivity index (χ1v) is 6.23. The monoisotopic (exact) mass is 272 g/mol. The number of amides is 1. The smallest absolute Gasteiger partial charge is 0.255 e. The number of ether oxygens (including phenoxy) is 1. The first-order valence-electron chi connectivity index (χ1n) is 6.23. The molecule has 0 radical (unpaired) electrons. The minimum atomic E-state index is -0.312. The van der Waals surface area contributed by atoms with Crippen molar-refractivity contribution < 1.29 is 14.6 Å². The van der Waals surface area contributed by atoms with Gasteiger partial charge in [-0.05, 0) is 43.3 Å². The van der Waals surface area contributed by atoms with Gasteiger partial charge in [0.2, 0.25) is 0 Å². The highest BCUT2D eigenvalue weighted by Gasteiger charge is 2.09. The van der Waals surface area contributed by atoms with Gasteiger partial charge in [0.15, 0.2) is 0 Å². The minimum Gasteiger partial charge on any atom is -0.506 e. The van der Waals surface area contributed by atoms with E-state index in [-0.39, 0.29) is 11.7 Å². The van der Waals surface area contributed by atoms with Crippen molar-refractivity contribution >= 4 is 17.3 Å². The van der Waals surface area contributed by atoms with Crippen LogP contribution in [-0.4, -0.2) is 17.6 Å². The molecule has 5 heteroatoms. The van der Waals surface area contributed by atoms with Gasteiger partial charge in [-0.1, -0.05) is 0 Å². The zero-order valence-corrected chi connectivity index (χ0v) is 11.1. The van der Waals surface area contributed by atoms with Crippen LogP contribution in [0.4, 0.5) is 11.4 Å². The van der Waals surface area contributed by atoms with Crippen LogP contribution in [0.1, 0.15) is 17.3 Å². The van der Waals surface area contributed by atoms with Crippen molar-refractivity contribution in [1.29, 1.82) is 0 Å². The van der Waals surface area contributed by atoms with Crippen molar-refractivity contribution in [2.45, 2.75) is 6.92 Å². The Morgan fingerprint density at radius 1 is 1.25 bits per heavy atom. The summed E-state index contributed by atoms with van der Waals surface area (Å²) < 4.78 is 5.31. The maximum atomic E-state index is 12.0. The summed E-state index contributed by atoms with van der Waals surface area (Å²) in [5, 5.41) is 12.3. The molecule has 104 valence electrons. The largest absolute Gasteiger partial charge is 0.506 e. The predicted molar refractivity (Wildman–Crippen MR) is 78.1 cm³/mol. The normalized spacial score (nSPS) is 10.1. The van der Waals surface area contributed by atoms with Gasteiger partial charge < -0.3 is 20.9 Å². The molecule has 5 nitrogen and oxygen atoms in total. The quantitative estimate of drug-likeness (QED) is 0.590. The Kier molecular flexibility index (Phi) is 4.10. The predicted octanol–water partition coefficient (Wildman–Crippen LogP) is 2.63. The fourth-order valence-electron chi connectivity index (χ4n) is 1.72. The summed E-state index contributed by atoms with van der Waals surface area (Å²) in [5.41, 5.74) is 6.75. The molecule has 2 rings (SSSR count). The van der Waals surface area contributed by atoms with Crippen LogP contribution in [0.25, 0.3) is 0 Å². The highest BCUT2D eigenvalue weighted by Crippen LogP contribution is 2.25. The third kappa shape index (κ3) is 3.20. The van der Waals surface area contributed by atoms with E-state index in [2.05, 4.69) is 5.32 Å². The number of anilines is 2. The summed E-state index contributed by atoms with van der Waals surface area (Å²) in [6.07, 6.45) is 0. The Morgan fingerprint density at radius 3 is 2.55 bits per heavy atom. The molecule has 0 aliphatic carbocycles. The first-order chi connectivity index (χ1) is 9.60. The Hall–Kier alpha value is -2.69. The second-order valence-corrected chi connectivity index (χ2v) is 4.19. The number of nitrogen functional groups attached to an aromatic ring is 1. The lowest BCUT2D eigenvalue weighted by molar-refractivity contribution is 0.102. The van der Waals surface area contributed by atoms with Gasteiger partial charge in [-0.3, -0.25) is 4.79 Å². The van der Waals surface area contributed by atoms with E-state index in [9.17, 15) is 9.90 Å². The molecule has 0 aliphatic heterocycles. The number of aromatic hydroxyl groups is 1. The van der Waals surface area contributed by atoms with E-state index in [0.29, 0.717) is 29.3 Å². The minimum absolute atomic E-state index is 0.0655. The van der Waals surface area contributed by atoms with E-state index in [1.165, 1.54) is 6.07 Å². The number of nitrogens with one attached hydrogen (secondary N) is 1. The number of hydrogen-bond donors (Lipinski definition) is 3. The molecule has 0 fully saturated rings. The van der Waals surface area contributed by atoms with Crippen molar-refractivity contribution in [3.8, 4) is 11.5 Å². The van der Waals surface area contributed by atoms with Gasteiger partial charge in [-0.2, -0.15) is 0 Å². The van der Waals surface area contributed by atoms with Gasteiger partial charge in [0.05, 0.1) is 12.3 Å². The number of hydrogen-bond acceptors (Lipinski definition) is 4. The highest BCUT2D eigenvalue weighted by molar-refractivity contribution is 6.05. The van der Waals surface area contributed by atoms with Crippen molar-refractivity contribution in [2.24, 2.45) is 0 Å². The van der Waals surface area contributed by atoms with Crippen molar-refractivity contribution in [2.75, 3.05) is 17.7 Å². The molecule has 0 heterocycles. The van der Waals surface area contributed by atoms with E-state index >= 15 is 0 Å². The SMILES string of the molecule is CCOc1ccc(C(=O)Nc2ccc(N)cc2O)cc1.